The predicted molar refractivity (Wildman–Crippen MR) is 128 cm³/mol. The second-order valence-electron chi connectivity index (χ2n) is 7.59. The summed E-state index contributed by atoms with van der Waals surface area (Å²) in [7, 11) is 0. The number of hydrogen-bond donors (Lipinski definition) is 0. The Kier molecular flexibility index (Phi) is 5.60. The molecule has 5 heteroatoms. The molecular formula is C28H17BN2OPt. The van der Waals surface area contributed by atoms with Crippen LogP contribution in [0, 0.1) is 12.1 Å². The topological polar surface area (TPSA) is 35.0 Å². The van der Waals surface area contributed by atoms with Gasteiger partial charge in [0, 0.05) is 29.8 Å². The number of hydrogen-bond acceptors (Lipinski definition) is 3. The van der Waals surface area contributed by atoms with E-state index in [1.807, 2.05) is 36.5 Å². The standard InChI is InChI=1S/C28H17BN2O.Pt/c1-2-11-25-23(10-1)24-15-14-21(19-26(24)29(25)27-12-3-5-16-30-27)20-8-7-9-22(18-20)32-28-13-4-6-17-31-28;/h1-17H;/q-2;+2/i13D;. The molecule has 3 aromatic carbocycles. The van der Waals surface area contributed by atoms with Gasteiger partial charge in [0.25, 0.3) is 0 Å². The Morgan fingerprint density at radius 2 is 1.55 bits per heavy atom. The molecule has 0 N–H and O–H groups in total. The fraction of sp³-hybridized carbons (Fsp3) is 0. The van der Waals surface area contributed by atoms with Gasteiger partial charge in [0.05, 0.1) is 1.37 Å². The third-order valence-electron chi connectivity index (χ3n) is 5.66. The van der Waals surface area contributed by atoms with Gasteiger partial charge in [0.1, 0.15) is 0 Å². The first-order chi connectivity index (χ1) is 16.3. The number of benzene rings is 3. The first-order valence-electron chi connectivity index (χ1n) is 11.0. The van der Waals surface area contributed by atoms with Crippen LogP contribution in [0.5, 0.6) is 11.6 Å². The molecule has 1 aliphatic heterocycles. The van der Waals surface area contributed by atoms with Gasteiger partial charge in [-0.1, -0.05) is 47.4 Å². The van der Waals surface area contributed by atoms with Crippen molar-refractivity contribution in [2.45, 2.75) is 0 Å². The van der Waals surface area contributed by atoms with E-state index >= 15 is 0 Å². The zero-order valence-corrected chi connectivity index (χ0v) is 19.7. The van der Waals surface area contributed by atoms with E-state index in [-0.39, 0.29) is 39.7 Å². The molecule has 5 aromatic rings. The molecule has 0 unspecified atom stereocenters. The smallest absolute Gasteiger partial charge is 0.460 e. The molecule has 0 amide bonds. The molecule has 0 spiro atoms. The molecule has 3 heterocycles. The van der Waals surface area contributed by atoms with Crippen molar-refractivity contribution < 1.29 is 27.2 Å². The summed E-state index contributed by atoms with van der Waals surface area (Å²) in [6.45, 7) is 0.0381. The summed E-state index contributed by atoms with van der Waals surface area (Å²) in [6.07, 6.45) is 3.45. The molecule has 158 valence electrons. The number of ether oxygens (including phenoxy) is 1. The third-order valence-corrected chi connectivity index (χ3v) is 5.66. The monoisotopic (exact) mass is 604 g/mol. The molecule has 0 fully saturated rings. The number of pyridine rings is 2. The molecule has 0 radical (unpaired) electrons. The molecule has 0 saturated heterocycles. The van der Waals surface area contributed by atoms with Crippen LogP contribution in [0.15, 0.2) is 103 Å². The van der Waals surface area contributed by atoms with Gasteiger partial charge >= 0.3 is 21.1 Å². The van der Waals surface area contributed by atoms with E-state index in [4.69, 9.17) is 6.11 Å². The molecule has 0 bridgehead atoms. The van der Waals surface area contributed by atoms with Gasteiger partial charge in [0.15, 0.2) is 0 Å². The van der Waals surface area contributed by atoms with Crippen molar-refractivity contribution in [1.29, 1.82) is 0 Å². The molecule has 0 aliphatic carbocycles. The van der Waals surface area contributed by atoms with Crippen molar-refractivity contribution >= 4 is 23.2 Å². The van der Waals surface area contributed by atoms with Crippen LogP contribution in [0.3, 0.4) is 0 Å². The summed E-state index contributed by atoms with van der Waals surface area (Å²) in [5, 5.41) is 0. The van der Waals surface area contributed by atoms with Crippen molar-refractivity contribution in [3.63, 3.8) is 0 Å². The Balaban J connectivity index is 0.00000241. The van der Waals surface area contributed by atoms with Crippen LogP contribution in [-0.2, 0) is 21.1 Å². The van der Waals surface area contributed by atoms with E-state index < -0.39 is 0 Å². The maximum atomic E-state index is 7.98. The molecule has 1 aliphatic rings. The quantitative estimate of drug-likeness (QED) is 0.225. The summed E-state index contributed by atoms with van der Waals surface area (Å²) in [6, 6.07) is 35.0. The predicted octanol–water partition coefficient (Wildman–Crippen LogP) is 4.03. The maximum absolute atomic E-state index is 7.98. The first-order valence-corrected chi connectivity index (χ1v) is 10.5. The van der Waals surface area contributed by atoms with E-state index in [1.54, 1.807) is 18.3 Å². The summed E-state index contributed by atoms with van der Waals surface area (Å²) in [5.74, 6) is 0.771. The van der Waals surface area contributed by atoms with Crippen molar-refractivity contribution in [2.24, 2.45) is 0 Å². The zero-order chi connectivity index (χ0) is 22.2. The second-order valence-corrected chi connectivity index (χ2v) is 7.59. The Morgan fingerprint density at radius 3 is 2.42 bits per heavy atom. The zero-order valence-electron chi connectivity index (χ0n) is 18.4. The fourth-order valence-electron chi connectivity index (χ4n) is 4.27. The number of aromatic nitrogens is 2. The number of nitrogens with zero attached hydrogens (tertiary/aromatic N) is 2. The van der Waals surface area contributed by atoms with E-state index in [0.29, 0.717) is 5.75 Å². The number of rotatable bonds is 4. The Morgan fingerprint density at radius 1 is 0.727 bits per heavy atom. The van der Waals surface area contributed by atoms with Crippen LogP contribution in [0.2, 0.25) is 0 Å². The minimum absolute atomic E-state index is 0. The Labute approximate surface area is 209 Å². The summed E-state index contributed by atoms with van der Waals surface area (Å²) in [4.78, 5) is 8.80. The van der Waals surface area contributed by atoms with E-state index in [0.717, 1.165) is 22.2 Å². The first kappa shape index (κ1) is 20.1. The van der Waals surface area contributed by atoms with Crippen molar-refractivity contribution in [3.05, 3.63) is 115 Å². The Bertz CT molecular complexity index is 1480. The third kappa shape index (κ3) is 4.03. The minimum Gasteiger partial charge on any atom is -0.460 e. The molecule has 33 heavy (non-hydrogen) atoms. The Hall–Kier alpha value is -3.49. The normalized spacial score (nSPS) is 11.8. The fourth-order valence-corrected chi connectivity index (χ4v) is 4.27. The average molecular weight is 604 g/mol. The largest absolute Gasteiger partial charge is 2.00 e. The molecule has 3 nitrogen and oxygen atoms in total. The van der Waals surface area contributed by atoms with Crippen molar-refractivity contribution in [1.82, 2.24) is 9.97 Å². The van der Waals surface area contributed by atoms with Crippen LogP contribution in [0.25, 0.3) is 22.3 Å². The van der Waals surface area contributed by atoms with Gasteiger partial charge in [-0.15, -0.1) is 23.8 Å². The van der Waals surface area contributed by atoms with Gasteiger partial charge in [0.2, 0.25) is 12.6 Å². The molecular weight excluding hydrogens is 586 g/mol. The van der Waals surface area contributed by atoms with E-state index in [1.165, 1.54) is 16.6 Å². The van der Waals surface area contributed by atoms with Gasteiger partial charge in [-0.05, 0) is 18.2 Å². The van der Waals surface area contributed by atoms with Crippen LogP contribution in [0.4, 0.5) is 0 Å². The second kappa shape index (κ2) is 9.17. The van der Waals surface area contributed by atoms with Crippen molar-refractivity contribution in [3.8, 4) is 33.9 Å². The summed E-state index contributed by atoms with van der Waals surface area (Å²) >= 11 is 0. The van der Waals surface area contributed by atoms with E-state index in [9.17, 15) is 0 Å². The molecule has 0 saturated carbocycles. The van der Waals surface area contributed by atoms with Crippen LogP contribution in [0.1, 0.15) is 1.37 Å². The molecule has 0 atom stereocenters. The van der Waals surface area contributed by atoms with Crippen molar-refractivity contribution in [2.75, 3.05) is 0 Å². The van der Waals surface area contributed by atoms with E-state index in [2.05, 4.69) is 64.6 Å². The molecule has 6 rings (SSSR count). The van der Waals surface area contributed by atoms with Crippen LogP contribution in [-0.4, -0.2) is 16.7 Å². The maximum Gasteiger partial charge on any atom is 2.00 e. The van der Waals surface area contributed by atoms with Gasteiger partial charge < -0.3 is 4.74 Å². The van der Waals surface area contributed by atoms with Gasteiger partial charge in [-0.25, -0.2) is 16.1 Å². The van der Waals surface area contributed by atoms with Crippen LogP contribution < -0.4 is 21.3 Å². The van der Waals surface area contributed by atoms with Gasteiger partial charge in [-0.3, -0.25) is 4.98 Å². The van der Waals surface area contributed by atoms with Gasteiger partial charge in [-0.2, -0.15) is 29.7 Å². The SMILES string of the molecule is [2H]c1cccnc1Oc1[c-]c(-c2[c-]c3c(cc2)-c2ccccc2B3c2ccccn2)ccc1.[Pt+2]. The molecule has 2 aromatic heterocycles. The summed E-state index contributed by atoms with van der Waals surface area (Å²) < 4.78 is 13.8. The average Bonchev–Trinajstić information content (AvgIpc) is 3.20. The van der Waals surface area contributed by atoms with Crippen LogP contribution >= 0.6 is 0 Å². The number of fused-ring (bicyclic) bond motifs is 3. The minimum atomic E-state index is 0. The summed E-state index contributed by atoms with van der Waals surface area (Å²) in [5.41, 5.74) is 7.59.